The molecule has 1 amide bonds. The summed E-state index contributed by atoms with van der Waals surface area (Å²) in [6.45, 7) is 2.01. The van der Waals surface area contributed by atoms with Crippen molar-refractivity contribution in [3.05, 3.63) is 65.2 Å². The van der Waals surface area contributed by atoms with E-state index in [0.29, 0.717) is 0 Å². The Balaban J connectivity index is 0.00000264. The van der Waals surface area contributed by atoms with Crippen LogP contribution in [0.25, 0.3) is 0 Å². The summed E-state index contributed by atoms with van der Waals surface area (Å²) in [6, 6.07) is 15.0. The van der Waals surface area contributed by atoms with Crippen LogP contribution >= 0.6 is 24.2 Å². The summed E-state index contributed by atoms with van der Waals surface area (Å²) >= 11 is 1.83. The van der Waals surface area contributed by atoms with Crippen LogP contribution in [0.2, 0.25) is 0 Å². The molecule has 2 aromatic rings. The zero-order valence-electron chi connectivity index (χ0n) is 13.4. The molecule has 124 valence electrons. The third-order valence-electron chi connectivity index (χ3n) is 3.54. The average molecular weight is 351 g/mol. The predicted molar refractivity (Wildman–Crippen MR) is 103 cm³/mol. The van der Waals surface area contributed by atoms with Crippen LogP contribution in [0, 0.1) is 6.92 Å². The van der Waals surface area contributed by atoms with E-state index >= 15 is 0 Å². The highest BCUT2D eigenvalue weighted by Crippen LogP contribution is 2.16. The summed E-state index contributed by atoms with van der Waals surface area (Å²) in [5.74, 6) is 0.907. The molecular weight excluding hydrogens is 328 g/mol. The predicted octanol–water partition coefficient (Wildman–Crippen LogP) is 3.96. The van der Waals surface area contributed by atoms with E-state index in [4.69, 9.17) is 5.73 Å². The Hall–Kier alpha value is -1.49. The molecule has 0 saturated carbocycles. The Morgan fingerprint density at radius 1 is 1.13 bits per heavy atom. The Kier molecular flexibility index (Phi) is 8.17. The van der Waals surface area contributed by atoms with Gasteiger partial charge in [-0.25, -0.2) is 0 Å². The van der Waals surface area contributed by atoms with Crippen molar-refractivity contribution in [1.29, 1.82) is 0 Å². The smallest absolute Gasteiger partial charge is 0.245 e. The van der Waals surface area contributed by atoms with Gasteiger partial charge in [-0.05, 0) is 48.6 Å². The zero-order valence-corrected chi connectivity index (χ0v) is 15.0. The Morgan fingerprint density at radius 3 is 2.30 bits per heavy atom. The number of amides is 1. The van der Waals surface area contributed by atoms with Crippen LogP contribution in [0.1, 0.15) is 22.7 Å². The molecule has 0 spiro atoms. The lowest BCUT2D eigenvalue weighted by atomic mass is 10.1. The van der Waals surface area contributed by atoms with Crippen LogP contribution in [0.15, 0.2) is 48.5 Å². The molecule has 2 rings (SSSR count). The minimum absolute atomic E-state index is 0. The molecular formula is C18H23ClN2OS. The molecule has 2 aromatic carbocycles. The van der Waals surface area contributed by atoms with Gasteiger partial charge in [0.05, 0.1) is 0 Å². The lowest BCUT2D eigenvalue weighted by molar-refractivity contribution is -0.117. The number of thioether (sulfide) groups is 1. The first-order chi connectivity index (χ1) is 10.6. The second-order valence-corrected chi connectivity index (χ2v) is 6.30. The fraction of sp³-hybridized carbons (Fsp3) is 0.278. The van der Waals surface area contributed by atoms with Crippen LogP contribution in [0.4, 0.5) is 5.69 Å². The molecule has 23 heavy (non-hydrogen) atoms. The van der Waals surface area contributed by atoms with Gasteiger partial charge in [0.1, 0.15) is 6.04 Å². The number of nitrogens with one attached hydrogen (secondary N) is 1. The standard InChI is InChI=1S/C18H22N2OS.ClH/c1-13-3-7-15(8-4-13)17(19)18(21)20-16-9-5-14(6-10-16)11-12-22-2;/h3-10,17H,11-12,19H2,1-2H3,(H,20,21);1H. The molecule has 0 bridgehead atoms. The summed E-state index contributed by atoms with van der Waals surface area (Å²) in [7, 11) is 0. The highest BCUT2D eigenvalue weighted by Gasteiger charge is 2.15. The number of hydrogen-bond donors (Lipinski definition) is 2. The summed E-state index contributed by atoms with van der Waals surface area (Å²) in [5, 5.41) is 2.87. The number of benzene rings is 2. The number of hydrogen-bond acceptors (Lipinski definition) is 3. The maximum atomic E-state index is 12.2. The van der Waals surface area contributed by atoms with E-state index in [1.807, 2.05) is 67.2 Å². The summed E-state index contributed by atoms with van der Waals surface area (Å²) in [4.78, 5) is 12.2. The van der Waals surface area contributed by atoms with Crippen molar-refractivity contribution in [3.63, 3.8) is 0 Å². The van der Waals surface area contributed by atoms with Crippen molar-refractivity contribution >= 4 is 35.8 Å². The Labute approximate surface area is 148 Å². The third-order valence-corrected chi connectivity index (χ3v) is 4.15. The SMILES string of the molecule is CSCCc1ccc(NC(=O)C(N)c2ccc(C)cc2)cc1.Cl. The van der Waals surface area contributed by atoms with Gasteiger partial charge in [0.25, 0.3) is 0 Å². The van der Waals surface area contributed by atoms with E-state index < -0.39 is 6.04 Å². The van der Waals surface area contributed by atoms with E-state index in [1.165, 1.54) is 5.56 Å². The molecule has 0 radical (unpaired) electrons. The topological polar surface area (TPSA) is 55.1 Å². The molecule has 0 heterocycles. The van der Waals surface area contributed by atoms with Crippen LogP contribution < -0.4 is 11.1 Å². The highest BCUT2D eigenvalue weighted by molar-refractivity contribution is 7.98. The number of rotatable bonds is 6. The second kappa shape index (κ2) is 9.60. The molecule has 0 fully saturated rings. The molecule has 1 unspecified atom stereocenters. The average Bonchev–Trinajstić information content (AvgIpc) is 2.54. The molecule has 5 heteroatoms. The van der Waals surface area contributed by atoms with Gasteiger partial charge < -0.3 is 11.1 Å². The Morgan fingerprint density at radius 2 is 1.74 bits per heavy atom. The van der Waals surface area contributed by atoms with Crippen molar-refractivity contribution in [1.82, 2.24) is 0 Å². The van der Waals surface area contributed by atoms with Crippen molar-refractivity contribution in [3.8, 4) is 0 Å². The number of carbonyl (C=O) groups is 1. The molecule has 0 saturated heterocycles. The number of anilines is 1. The van der Waals surface area contributed by atoms with E-state index in [1.54, 1.807) is 0 Å². The molecule has 0 aliphatic carbocycles. The van der Waals surface area contributed by atoms with Crippen molar-refractivity contribution in [2.75, 3.05) is 17.3 Å². The van der Waals surface area contributed by atoms with Crippen molar-refractivity contribution in [2.45, 2.75) is 19.4 Å². The molecule has 3 nitrogen and oxygen atoms in total. The highest BCUT2D eigenvalue weighted by atomic mass is 35.5. The monoisotopic (exact) mass is 350 g/mol. The van der Waals surface area contributed by atoms with E-state index in [9.17, 15) is 4.79 Å². The van der Waals surface area contributed by atoms with Gasteiger partial charge in [0.2, 0.25) is 5.91 Å². The molecule has 3 N–H and O–H groups in total. The first-order valence-corrected chi connectivity index (χ1v) is 8.70. The molecule has 0 aromatic heterocycles. The van der Waals surface area contributed by atoms with E-state index in [2.05, 4.69) is 11.6 Å². The van der Waals surface area contributed by atoms with Gasteiger partial charge in [-0.1, -0.05) is 42.0 Å². The minimum atomic E-state index is -0.656. The lowest BCUT2D eigenvalue weighted by Gasteiger charge is -2.13. The Bertz CT molecular complexity index is 614. The summed E-state index contributed by atoms with van der Waals surface area (Å²) in [6.07, 6.45) is 3.14. The minimum Gasteiger partial charge on any atom is -0.324 e. The van der Waals surface area contributed by atoms with Crippen molar-refractivity contribution in [2.24, 2.45) is 5.73 Å². The fourth-order valence-corrected chi connectivity index (χ4v) is 2.56. The van der Waals surface area contributed by atoms with Crippen LogP contribution in [0.3, 0.4) is 0 Å². The van der Waals surface area contributed by atoms with E-state index in [0.717, 1.165) is 29.0 Å². The first kappa shape index (κ1) is 19.6. The van der Waals surface area contributed by atoms with Crippen LogP contribution in [0.5, 0.6) is 0 Å². The number of nitrogens with two attached hydrogens (primary N) is 1. The largest absolute Gasteiger partial charge is 0.324 e. The maximum absolute atomic E-state index is 12.2. The van der Waals surface area contributed by atoms with Gasteiger partial charge in [-0.15, -0.1) is 12.4 Å². The normalized spacial score (nSPS) is 11.4. The number of halogens is 1. The quantitative estimate of drug-likeness (QED) is 0.829. The van der Waals surface area contributed by atoms with Crippen LogP contribution in [-0.2, 0) is 11.2 Å². The van der Waals surface area contributed by atoms with Gasteiger partial charge in [0, 0.05) is 5.69 Å². The third kappa shape index (κ3) is 5.90. The van der Waals surface area contributed by atoms with Crippen molar-refractivity contribution < 1.29 is 4.79 Å². The summed E-state index contributed by atoms with van der Waals surface area (Å²) < 4.78 is 0. The second-order valence-electron chi connectivity index (χ2n) is 5.32. The first-order valence-electron chi connectivity index (χ1n) is 7.31. The summed E-state index contributed by atoms with van der Waals surface area (Å²) in [5.41, 5.74) is 10.0. The maximum Gasteiger partial charge on any atom is 0.245 e. The fourth-order valence-electron chi connectivity index (χ4n) is 2.12. The molecule has 0 aliphatic heterocycles. The lowest BCUT2D eigenvalue weighted by Crippen LogP contribution is -2.27. The number of aryl methyl sites for hydroxylation is 2. The van der Waals surface area contributed by atoms with Gasteiger partial charge >= 0.3 is 0 Å². The van der Waals surface area contributed by atoms with E-state index in [-0.39, 0.29) is 18.3 Å². The molecule has 1 atom stereocenters. The van der Waals surface area contributed by atoms with Gasteiger partial charge in [-0.3, -0.25) is 4.79 Å². The number of carbonyl (C=O) groups excluding carboxylic acids is 1. The molecule has 0 aliphatic rings. The van der Waals surface area contributed by atoms with Gasteiger partial charge in [-0.2, -0.15) is 11.8 Å². The van der Waals surface area contributed by atoms with Crippen LogP contribution in [-0.4, -0.2) is 17.9 Å². The van der Waals surface area contributed by atoms with Gasteiger partial charge in [0.15, 0.2) is 0 Å². The zero-order chi connectivity index (χ0) is 15.9.